The summed E-state index contributed by atoms with van der Waals surface area (Å²) in [7, 11) is -3.55. The quantitative estimate of drug-likeness (QED) is 0.696. The van der Waals surface area contributed by atoms with Crippen molar-refractivity contribution in [3.05, 3.63) is 66.0 Å². The number of benzene rings is 2. The van der Waals surface area contributed by atoms with Crippen LogP contribution in [-0.4, -0.2) is 46.7 Å². The Balaban J connectivity index is 1.56. The van der Waals surface area contributed by atoms with E-state index in [2.05, 4.69) is 15.6 Å². The number of nitrogens with one attached hydrogen (secondary N) is 1. The highest BCUT2D eigenvalue weighted by Gasteiger charge is 2.27. The molecule has 0 radical (unpaired) electrons. The Morgan fingerprint density at radius 1 is 1.03 bits per heavy atom. The van der Waals surface area contributed by atoms with Gasteiger partial charge < -0.3 is 5.32 Å². The van der Waals surface area contributed by atoms with Crippen LogP contribution in [0, 0.1) is 6.92 Å². The molecule has 1 saturated heterocycles. The Labute approximate surface area is 169 Å². The van der Waals surface area contributed by atoms with Gasteiger partial charge in [-0.25, -0.2) is 13.1 Å². The number of carbonyl (C=O) groups excluding carboxylic acids is 1. The molecule has 4 rings (SSSR count). The van der Waals surface area contributed by atoms with E-state index in [-0.39, 0.29) is 10.6 Å². The maximum absolute atomic E-state index is 12.7. The second-order valence-electron chi connectivity index (χ2n) is 6.86. The van der Waals surface area contributed by atoms with Gasteiger partial charge in [-0.1, -0.05) is 29.5 Å². The summed E-state index contributed by atoms with van der Waals surface area (Å²) >= 11 is 0. The number of aromatic nitrogens is 3. The van der Waals surface area contributed by atoms with E-state index in [0.717, 1.165) is 18.5 Å². The minimum absolute atomic E-state index is 0.168. The largest absolute Gasteiger partial charge is 0.320 e. The molecule has 0 atom stereocenters. The predicted molar refractivity (Wildman–Crippen MR) is 108 cm³/mol. The zero-order chi connectivity index (χ0) is 20.4. The number of hydrogen-bond acceptors (Lipinski definition) is 5. The van der Waals surface area contributed by atoms with Gasteiger partial charge in [0.2, 0.25) is 10.0 Å². The molecule has 1 N–H and O–H groups in total. The molecule has 1 aliphatic heterocycles. The molecule has 0 saturated carbocycles. The Bertz CT molecular complexity index is 1140. The Morgan fingerprint density at radius 3 is 2.48 bits per heavy atom. The van der Waals surface area contributed by atoms with Crippen LogP contribution < -0.4 is 5.32 Å². The predicted octanol–water partition coefficient (Wildman–Crippen LogP) is 2.61. The standard InChI is InChI=1S/C20H21N5O3S/c1-15-19(22-23-25(15)17-9-3-2-4-10-17)20(26)21-16-8-7-11-18(14-16)29(27,28)24-12-5-6-13-24/h2-4,7-11,14H,5-6,12-13H2,1H3,(H,21,26). The average Bonchev–Trinajstić information content (AvgIpc) is 3.39. The lowest BCUT2D eigenvalue weighted by Gasteiger charge is -2.16. The van der Waals surface area contributed by atoms with Gasteiger partial charge in [0.1, 0.15) is 0 Å². The third kappa shape index (κ3) is 3.79. The Kier molecular flexibility index (Phi) is 5.16. The van der Waals surface area contributed by atoms with Crippen LogP contribution in [-0.2, 0) is 10.0 Å². The van der Waals surface area contributed by atoms with Gasteiger partial charge in [-0.15, -0.1) is 5.10 Å². The first-order valence-electron chi connectivity index (χ1n) is 9.36. The molecule has 29 heavy (non-hydrogen) atoms. The lowest BCUT2D eigenvalue weighted by molar-refractivity contribution is 0.102. The number of hydrogen-bond donors (Lipinski definition) is 1. The fraction of sp³-hybridized carbons (Fsp3) is 0.250. The van der Waals surface area contributed by atoms with Crippen molar-refractivity contribution >= 4 is 21.6 Å². The summed E-state index contributed by atoms with van der Waals surface area (Å²) < 4.78 is 28.6. The van der Waals surface area contributed by atoms with Gasteiger partial charge in [0.05, 0.1) is 16.3 Å². The van der Waals surface area contributed by atoms with Crippen molar-refractivity contribution in [3.8, 4) is 5.69 Å². The topological polar surface area (TPSA) is 97.2 Å². The lowest BCUT2D eigenvalue weighted by atomic mass is 10.2. The second kappa shape index (κ2) is 7.76. The number of sulfonamides is 1. The number of para-hydroxylation sites is 1. The lowest BCUT2D eigenvalue weighted by Crippen LogP contribution is -2.28. The molecule has 0 unspecified atom stereocenters. The highest BCUT2D eigenvalue weighted by molar-refractivity contribution is 7.89. The van der Waals surface area contributed by atoms with E-state index in [4.69, 9.17) is 0 Å². The van der Waals surface area contributed by atoms with E-state index >= 15 is 0 Å². The van der Waals surface area contributed by atoms with Crippen molar-refractivity contribution in [2.24, 2.45) is 0 Å². The normalized spacial score (nSPS) is 14.8. The van der Waals surface area contributed by atoms with Gasteiger partial charge in [0.15, 0.2) is 5.69 Å². The van der Waals surface area contributed by atoms with Crippen molar-refractivity contribution in [2.45, 2.75) is 24.7 Å². The molecular weight excluding hydrogens is 390 g/mol. The zero-order valence-corrected chi connectivity index (χ0v) is 16.8. The number of nitrogens with zero attached hydrogens (tertiary/aromatic N) is 4. The monoisotopic (exact) mass is 411 g/mol. The van der Waals surface area contributed by atoms with Crippen molar-refractivity contribution in [2.75, 3.05) is 18.4 Å². The van der Waals surface area contributed by atoms with Crippen molar-refractivity contribution in [3.63, 3.8) is 0 Å². The Morgan fingerprint density at radius 2 is 1.76 bits per heavy atom. The summed E-state index contributed by atoms with van der Waals surface area (Å²) in [5.74, 6) is -0.444. The molecule has 0 spiro atoms. The molecule has 150 valence electrons. The van der Waals surface area contributed by atoms with Crippen LogP contribution in [0.3, 0.4) is 0 Å². The van der Waals surface area contributed by atoms with E-state index in [0.29, 0.717) is 24.5 Å². The van der Waals surface area contributed by atoms with Crippen LogP contribution in [0.5, 0.6) is 0 Å². The number of carbonyl (C=O) groups is 1. The van der Waals surface area contributed by atoms with Gasteiger partial charge >= 0.3 is 0 Å². The molecule has 0 bridgehead atoms. The van der Waals surface area contributed by atoms with E-state index in [1.807, 2.05) is 30.3 Å². The third-order valence-corrected chi connectivity index (χ3v) is 6.80. The molecule has 2 heterocycles. The molecule has 3 aromatic rings. The first-order chi connectivity index (χ1) is 14.0. The van der Waals surface area contributed by atoms with Crippen molar-refractivity contribution in [1.82, 2.24) is 19.3 Å². The van der Waals surface area contributed by atoms with Gasteiger partial charge in [-0.2, -0.15) is 4.31 Å². The minimum Gasteiger partial charge on any atom is -0.320 e. The number of rotatable bonds is 5. The smallest absolute Gasteiger partial charge is 0.278 e. The van der Waals surface area contributed by atoms with Gasteiger partial charge in [0, 0.05) is 18.8 Å². The minimum atomic E-state index is -3.55. The van der Waals surface area contributed by atoms with Crippen LogP contribution >= 0.6 is 0 Å². The van der Waals surface area contributed by atoms with E-state index < -0.39 is 15.9 Å². The summed E-state index contributed by atoms with van der Waals surface area (Å²) in [6.45, 7) is 2.82. The van der Waals surface area contributed by atoms with E-state index in [9.17, 15) is 13.2 Å². The van der Waals surface area contributed by atoms with E-state index in [1.54, 1.807) is 29.8 Å². The fourth-order valence-corrected chi connectivity index (χ4v) is 4.92. The highest BCUT2D eigenvalue weighted by Crippen LogP contribution is 2.23. The van der Waals surface area contributed by atoms with Crippen LogP contribution in [0.4, 0.5) is 5.69 Å². The van der Waals surface area contributed by atoms with Crippen LogP contribution in [0.15, 0.2) is 59.5 Å². The zero-order valence-electron chi connectivity index (χ0n) is 15.9. The van der Waals surface area contributed by atoms with Gasteiger partial charge in [-0.05, 0) is 50.1 Å². The maximum atomic E-state index is 12.7. The number of amides is 1. The molecule has 1 fully saturated rings. The molecule has 1 aromatic heterocycles. The summed E-state index contributed by atoms with van der Waals surface area (Å²) in [6, 6.07) is 15.7. The SMILES string of the molecule is Cc1c(C(=O)Nc2cccc(S(=O)(=O)N3CCCC3)c2)nnn1-c1ccccc1. The molecular formula is C20H21N5O3S. The molecule has 0 aliphatic carbocycles. The molecule has 1 aliphatic rings. The molecule has 2 aromatic carbocycles. The highest BCUT2D eigenvalue weighted by atomic mass is 32.2. The van der Waals surface area contributed by atoms with Crippen LogP contribution in [0.25, 0.3) is 5.69 Å². The number of anilines is 1. The molecule has 1 amide bonds. The first-order valence-corrected chi connectivity index (χ1v) is 10.8. The summed E-state index contributed by atoms with van der Waals surface area (Å²) in [6.07, 6.45) is 1.73. The maximum Gasteiger partial charge on any atom is 0.278 e. The van der Waals surface area contributed by atoms with Gasteiger partial charge in [0.25, 0.3) is 5.91 Å². The summed E-state index contributed by atoms with van der Waals surface area (Å²) in [5.41, 5.74) is 1.97. The fourth-order valence-electron chi connectivity index (χ4n) is 3.36. The first kappa shape index (κ1) is 19.3. The molecule has 8 nitrogen and oxygen atoms in total. The van der Waals surface area contributed by atoms with Crippen molar-refractivity contribution in [1.29, 1.82) is 0 Å². The second-order valence-corrected chi connectivity index (χ2v) is 8.80. The van der Waals surface area contributed by atoms with Crippen LogP contribution in [0.2, 0.25) is 0 Å². The van der Waals surface area contributed by atoms with E-state index in [1.165, 1.54) is 10.4 Å². The Hall–Kier alpha value is -3.04. The third-order valence-electron chi connectivity index (χ3n) is 4.91. The summed E-state index contributed by atoms with van der Waals surface area (Å²) in [5, 5.41) is 10.8. The van der Waals surface area contributed by atoms with Crippen LogP contribution in [0.1, 0.15) is 29.0 Å². The average molecular weight is 411 g/mol. The molecule has 9 heteroatoms. The van der Waals surface area contributed by atoms with Gasteiger partial charge in [-0.3, -0.25) is 4.79 Å². The van der Waals surface area contributed by atoms with Crippen molar-refractivity contribution < 1.29 is 13.2 Å². The summed E-state index contributed by atoms with van der Waals surface area (Å²) in [4.78, 5) is 12.9.